The van der Waals surface area contributed by atoms with Crippen molar-refractivity contribution in [1.82, 2.24) is 0 Å². The first kappa shape index (κ1) is 90.7. The molecule has 0 aromatic rings. The molecule has 0 aromatic carbocycles. The van der Waals surface area contributed by atoms with Crippen molar-refractivity contribution in [2.45, 2.75) is 360 Å². The number of allylic oxidation sites excluding steroid dienone is 20. The summed E-state index contributed by atoms with van der Waals surface area (Å²) in [5.41, 5.74) is 0. The number of carbonyl (C=O) groups excluding carboxylic acids is 2. The summed E-state index contributed by atoms with van der Waals surface area (Å²) >= 11 is 0. The van der Waals surface area contributed by atoms with Gasteiger partial charge in [0.1, 0.15) is 13.2 Å². The molecule has 0 saturated heterocycles. The van der Waals surface area contributed by atoms with E-state index in [9.17, 15) is 19.5 Å². The van der Waals surface area contributed by atoms with Gasteiger partial charge in [0, 0.05) is 12.8 Å². The Morgan fingerprint density at radius 2 is 0.568 bits per heavy atom. The maximum absolute atomic E-state index is 13.0. The fourth-order valence-corrected chi connectivity index (χ4v) is 11.2. The van der Waals surface area contributed by atoms with Crippen LogP contribution in [0.25, 0.3) is 0 Å². The number of esters is 2. The first-order chi connectivity index (χ1) is 46.6. The lowest BCUT2D eigenvalue weighted by Gasteiger charge is -2.25. The molecule has 0 saturated carbocycles. The summed E-state index contributed by atoms with van der Waals surface area (Å²) in [5.74, 6) is -1.99. The van der Waals surface area contributed by atoms with Crippen LogP contribution in [0.2, 0.25) is 0 Å². The summed E-state index contributed by atoms with van der Waals surface area (Å²) in [5, 5.41) is 9.78. The second-order valence-electron chi connectivity index (χ2n) is 27.6. The van der Waals surface area contributed by atoms with Gasteiger partial charge in [0.15, 0.2) is 6.10 Å². The minimum Gasteiger partial charge on any atom is -0.477 e. The van der Waals surface area contributed by atoms with Crippen molar-refractivity contribution in [2.24, 2.45) is 0 Å². The first-order valence-corrected chi connectivity index (χ1v) is 39.7. The van der Waals surface area contributed by atoms with Crippen molar-refractivity contribution >= 4 is 17.9 Å². The van der Waals surface area contributed by atoms with Crippen molar-refractivity contribution in [2.75, 3.05) is 47.5 Å². The molecule has 0 spiro atoms. The Hall–Kier alpha value is -4.31. The van der Waals surface area contributed by atoms with E-state index < -0.39 is 18.4 Å². The minimum atomic E-state index is -1.51. The number of carboxylic acid groups (broad SMARTS) is 1. The van der Waals surface area contributed by atoms with Crippen LogP contribution in [-0.2, 0) is 33.3 Å². The van der Waals surface area contributed by atoms with Crippen molar-refractivity contribution in [3.8, 4) is 0 Å². The van der Waals surface area contributed by atoms with Gasteiger partial charge in [0.2, 0.25) is 0 Å². The lowest BCUT2D eigenvalue weighted by atomic mass is 10.0. The highest BCUT2D eigenvalue weighted by atomic mass is 16.7. The molecule has 0 aliphatic carbocycles. The van der Waals surface area contributed by atoms with Crippen LogP contribution < -0.4 is 0 Å². The highest BCUT2D eigenvalue weighted by molar-refractivity contribution is 5.71. The lowest BCUT2D eigenvalue weighted by Crippen LogP contribution is -2.40. The lowest BCUT2D eigenvalue weighted by molar-refractivity contribution is -0.870. The van der Waals surface area contributed by atoms with Gasteiger partial charge >= 0.3 is 17.9 Å². The van der Waals surface area contributed by atoms with Gasteiger partial charge in [-0.2, -0.15) is 0 Å². The van der Waals surface area contributed by atoms with Crippen LogP contribution in [0.5, 0.6) is 0 Å². The van der Waals surface area contributed by atoms with E-state index in [-0.39, 0.29) is 38.2 Å². The molecule has 546 valence electrons. The molecule has 2 atom stereocenters. The zero-order chi connectivity index (χ0) is 69.0. The van der Waals surface area contributed by atoms with Gasteiger partial charge in [-0.25, -0.2) is 4.79 Å². The zero-order valence-corrected chi connectivity index (χ0v) is 62.6. The molecular weight excluding hydrogens is 1170 g/mol. The van der Waals surface area contributed by atoms with Gasteiger partial charge in [0.25, 0.3) is 6.29 Å². The topological polar surface area (TPSA) is 108 Å². The van der Waals surface area contributed by atoms with E-state index >= 15 is 0 Å². The van der Waals surface area contributed by atoms with E-state index in [2.05, 4.69) is 135 Å². The Morgan fingerprint density at radius 3 is 0.842 bits per heavy atom. The molecule has 9 heteroatoms. The van der Waals surface area contributed by atoms with Gasteiger partial charge in [-0.05, 0) is 103 Å². The number of ether oxygens (including phenoxy) is 4. The fourth-order valence-electron chi connectivity index (χ4n) is 11.2. The van der Waals surface area contributed by atoms with E-state index in [1.54, 1.807) is 0 Å². The average molecular weight is 1330 g/mol. The smallest absolute Gasteiger partial charge is 0.361 e. The summed E-state index contributed by atoms with van der Waals surface area (Å²) in [4.78, 5) is 37.8. The summed E-state index contributed by atoms with van der Waals surface area (Å²) in [6.45, 7) is 4.69. The van der Waals surface area contributed by atoms with Crippen LogP contribution in [0.1, 0.15) is 348 Å². The number of nitrogens with zero attached hydrogens (tertiary/aromatic N) is 1. The van der Waals surface area contributed by atoms with E-state index in [1.165, 1.54) is 218 Å². The standard InChI is InChI=1S/C86H149NO8/c1-6-8-10-12-14-16-18-20-22-24-26-28-30-32-34-36-38-40-41-42-43-45-47-49-51-53-55-57-59-61-63-65-67-69-71-73-75-77-84(89)95-82(81-94-86(85(90)91)92-79-78-87(3,4)5)80-93-83(88)76-74-72-70-68-66-64-62-60-58-56-54-52-50-48-46-44-39-37-35-33-31-29-27-25-23-21-19-17-15-13-11-9-7-2/h8-11,14-17,20-23,26-29,32-35,82,86H,6-7,12-13,18-19,24-25,30-31,36-81H2,1-5H3/p+1/b10-8-,11-9-,16-14-,17-15-,22-20-,23-21-,28-26-,29-27-,34-32-,35-33-. The summed E-state index contributed by atoms with van der Waals surface area (Å²) in [6, 6.07) is 0. The number of quaternary nitrogens is 1. The predicted molar refractivity (Wildman–Crippen MR) is 410 cm³/mol. The van der Waals surface area contributed by atoms with E-state index in [0.717, 1.165) is 103 Å². The van der Waals surface area contributed by atoms with Crippen LogP contribution in [0, 0.1) is 0 Å². The van der Waals surface area contributed by atoms with Crippen LogP contribution in [0.15, 0.2) is 122 Å². The van der Waals surface area contributed by atoms with Crippen molar-refractivity contribution in [3.63, 3.8) is 0 Å². The monoisotopic (exact) mass is 1330 g/mol. The van der Waals surface area contributed by atoms with Gasteiger partial charge in [-0.1, -0.05) is 354 Å². The number of carboxylic acids is 1. The Labute approximate surface area is 587 Å². The molecule has 0 aliphatic heterocycles. The Balaban J connectivity index is 4.01. The summed E-state index contributed by atoms with van der Waals surface area (Å²) in [7, 11) is 5.99. The quantitative estimate of drug-likeness (QED) is 0.0211. The summed E-state index contributed by atoms with van der Waals surface area (Å²) in [6.07, 6.45) is 105. The third-order valence-corrected chi connectivity index (χ3v) is 17.2. The van der Waals surface area contributed by atoms with Crippen LogP contribution in [0.4, 0.5) is 0 Å². The molecule has 95 heavy (non-hydrogen) atoms. The maximum Gasteiger partial charge on any atom is 0.361 e. The number of carbonyl (C=O) groups is 3. The highest BCUT2D eigenvalue weighted by Gasteiger charge is 2.25. The first-order valence-electron chi connectivity index (χ1n) is 39.7. The van der Waals surface area contributed by atoms with Gasteiger partial charge in [-0.3, -0.25) is 9.59 Å². The third-order valence-electron chi connectivity index (χ3n) is 17.2. The molecular formula is C86H150NO8+. The summed E-state index contributed by atoms with van der Waals surface area (Å²) < 4.78 is 23.1. The molecule has 1 N–H and O–H groups in total. The van der Waals surface area contributed by atoms with Crippen LogP contribution >= 0.6 is 0 Å². The van der Waals surface area contributed by atoms with Crippen LogP contribution in [-0.4, -0.2) is 87.4 Å². The largest absolute Gasteiger partial charge is 0.477 e. The number of rotatable bonds is 73. The second kappa shape index (κ2) is 75.5. The van der Waals surface area contributed by atoms with Gasteiger partial charge in [-0.15, -0.1) is 0 Å². The van der Waals surface area contributed by atoms with E-state index in [0.29, 0.717) is 17.4 Å². The Morgan fingerprint density at radius 1 is 0.316 bits per heavy atom. The SMILES string of the molecule is CC/C=C\C/C=C\C/C=C\C/C=C\C/C=C\CCCCCCCCCCCCCCCCCCCCCCCC(=O)OC(COC(=O)CCCCCCCCCCCCCCCCCCC/C=C\C/C=C\C/C=C\C/C=C\C/C=C\CC)COC(OCC[N+](C)(C)C)C(=O)O. The minimum absolute atomic E-state index is 0.182. The molecule has 0 amide bonds. The van der Waals surface area contributed by atoms with E-state index in [1.807, 2.05) is 21.1 Å². The molecule has 0 rings (SSSR count). The molecule has 0 fully saturated rings. The van der Waals surface area contributed by atoms with Crippen molar-refractivity contribution in [3.05, 3.63) is 122 Å². The Bertz CT molecular complexity index is 1980. The number of likely N-dealkylation sites (N-methyl/N-ethyl adjacent to an activating group) is 1. The number of hydrogen-bond acceptors (Lipinski definition) is 7. The predicted octanol–water partition coefficient (Wildman–Crippen LogP) is 25.5. The van der Waals surface area contributed by atoms with Crippen molar-refractivity contribution in [1.29, 1.82) is 0 Å². The maximum atomic E-state index is 13.0. The molecule has 2 unspecified atom stereocenters. The number of aliphatic carboxylic acids is 1. The Kier molecular flexibility index (Phi) is 72.0. The highest BCUT2D eigenvalue weighted by Crippen LogP contribution is 2.19. The zero-order valence-electron chi connectivity index (χ0n) is 62.6. The third kappa shape index (κ3) is 76.9. The average Bonchev–Trinajstić information content (AvgIpc) is 3.75. The van der Waals surface area contributed by atoms with Crippen LogP contribution in [0.3, 0.4) is 0 Å². The molecule has 0 radical (unpaired) electrons. The molecule has 0 heterocycles. The van der Waals surface area contributed by atoms with Gasteiger partial charge in [0.05, 0.1) is 34.4 Å². The number of unbranched alkanes of at least 4 members (excludes halogenated alkanes) is 38. The van der Waals surface area contributed by atoms with Crippen molar-refractivity contribution < 1.29 is 42.9 Å². The number of hydrogen-bond donors (Lipinski definition) is 1. The molecule has 0 aromatic heterocycles. The second-order valence-corrected chi connectivity index (χ2v) is 27.6. The molecule has 9 nitrogen and oxygen atoms in total. The normalized spacial score (nSPS) is 13.3. The molecule has 0 bridgehead atoms. The fraction of sp³-hybridized carbons (Fsp3) is 0.733. The molecule has 0 aliphatic rings. The van der Waals surface area contributed by atoms with Gasteiger partial charge < -0.3 is 28.5 Å². The van der Waals surface area contributed by atoms with E-state index in [4.69, 9.17) is 18.9 Å².